The molecule has 1 N–H and O–H groups in total. The monoisotopic (exact) mass is 178 g/mol. The number of aromatic hydroxyl groups is 1. The van der Waals surface area contributed by atoms with Crippen LogP contribution in [0.15, 0.2) is 59.4 Å². The van der Waals surface area contributed by atoms with Crippen molar-refractivity contribution in [3.8, 4) is 5.75 Å². The van der Waals surface area contributed by atoms with Gasteiger partial charge in [-0.1, -0.05) is 25.6 Å². The summed E-state index contributed by atoms with van der Waals surface area (Å²) in [4.78, 5) is 0. The summed E-state index contributed by atoms with van der Waals surface area (Å²) in [5.41, 5.74) is 0. The Hall–Kier alpha value is -1.70. The molecule has 13 heavy (non-hydrogen) atoms. The molecular weight excluding hydrogens is 164 g/mol. The SMILES string of the molecule is C.Oc1ccccc1.c1ccoc1. The Morgan fingerprint density at radius 3 is 1.62 bits per heavy atom. The van der Waals surface area contributed by atoms with Crippen molar-refractivity contribution in [2.75, 3.05) is 0 Å². The van der Waals surface area contributed by atoms with Crippen molar-refractivity contribution < 1.29 is 9.52 Å². The Labute approximate surface area is 78.5 Å². The largest absolute Gasteiger partial charge is 0.508 e. The van der Waals surface area contributed by atoms with Gasteiger partial charge in [0, 0.05) is 0 Å². The van der Waals surface area contributed by atoms with Crippen LogP contribution >= 0.6 is 0 Å². The Bertz CT molecular complexity index is 257. The Morgan fingerprint density at radius 1 is 0.846 bits per heavy atom. The van der Waals surface area contributed by atoms with Crippen LogP contribution in [0, 0.1) is 0 Å². The number of furan rings is 1. The van der Waals surface area contributed by atoms with Gasteiger partial charge in [0.1, 0.15) is 5.75 Å². The van der Waals surface area contributed by atoms with E-state index < -0.39 is 0 Å². The summed E-state index contributed by atoms with van der Waals surface area (Å²) in [5, 5.41) is 8.63. The smallest absolute Gasteiger partial charge is 0.115 e. The topological polar surface area (TPSA) is 33.4 Å². The summed E-state index contributed by atoms with van der Waals surface area (Å²) >= 11 is 0. The van der Waals surface area contributed by atoms with E-state index in [1.807, 2.05) is 18.2 Å². The highest BCUT2D eigenvalue weighted by molar-refractivity contribution is 5.18. The average Bonchev–Trinajstić information content (AvgIpc) is 2.62. The van der Waals surface area contributed by atoms with E-state index in [2.05, 4.69) is 4.42 Å². The molecule has 0 saturated heterocycles. The highest BCUT2D eigenvalue weighted by atomic mass is 16.3. The predicted molar refractivity (Wildman–Crippen MR) is 53.5 cm³/mol. The number of phenolic OH excluding ortho intramolecular Hbond substituents is 1. The van der Waals surface area contributed by atoms with Crippen LogP contribution < -0.4 is 0 Å². The number of hydrogen-bond acceptors (Lipinski definition) is 2. The summed E-state index contributed by atoms with van der Waals surface area (Å²) in [6.07, 6.45) is 3.25. The molecule has 0 aliphatic rings. The zero-order chi connectivity index (χ0) is 8.65. The maximum absolute atomic E-state index is 8.63. The molecule has 2 rings (SSSR count). The van der Waals surface area contributed by atoms with Gasteiger partial charge in [-0.25, -0.2) is 0 Å². The zero-order valence-corrected chi connectivity index (χ0v) is 6.55. The van der Waals surface area contributed by atoms with Crippen LogP contribution in [0.1, 0.15) is 7.43 Å². The quantitative estimate of drug-likeness (QED) is 0.671. The van der Waals surface area contributed by atoms with E-state index in [0.717, 1.165) is 0 Å². The molecular formula is C11H14O2. The first-order chi connectivity index (χ1) is 5.89. The molecule has 1 aromatic heterocycles. The molecule has 1 aromatic carbocycles. The second-order valence-corrected chi connectivity index (χ2v) is 2.13. The van der Waals surface area contributed by atoms with Gasteiger partial charge in [0.2, 0.25) is 0 Å². The number of hydrogen-bond donors (Lipinski definition) is 1. The first-order valence-corrected chi connectivity index (χ1v) is 3.61. The zero-order valence-electron chi connectivity index (χ0n) is 6.55. The maximum Gasteiger partial charge on any atom is 0.115 e. The van der Waals surface area contributed by atoms with E-state index in [4.69, 9.17) is 5.11 Å². The lowest BCUT2D eigenvalue weighted by Gasteiger charge is -1.82. The minimum Gasteiger partial charge on any atom is -0.508 e. The molecule has 0 saturated carbocycles. The molecule has 0 atom stereocenters. The molecule has 0 unspecified atom stereocenters. The fourth-order valence-electron chi connectivity index (χ4n) is 0.655. The molecule has 0 amide bonds. The number of benzene rings is 1. The van der Waals surface area contributed by atoms with Crippen LogP contribution in [0.25, 0.3) is 0 Å². The van der Waals surface area contributed by atoms with Gasteiger partial charge in [0.15, 0.2) is 0 Å². The Kier molecular flexibility index (Phi) is 6.06. The van der Waals surface area contributed by atoms with Crippen molar-refractivity contribution in [1.82, 2.24) is 0 Å². The lowest BCUT2D eigenvalue weighted by Crippen LogP contribution is -1.56. The molecule has 0 fully saturated rings. The summed E-state index contributed by atoms with van der Waals surface area (Å²) < 4.78 is 4.58. The molecule has 0 radical (unpaired) electrons. The molecule has 2 heteroatoms. The highest BCUT2D eigenvalue weighted by Crippen LogP contribution is 2.02. The lowest BCUT2D eigenvalue weighted by atomic mass is 10.3. The van der Waals surface area contributed by atoms with Crippen molar-refractivity contribution in [2.45, 2.75) is 7.43 Å². The second-order valence-electron chi connectivity index (χ2n) is 2.13. The van der Waals surface area contributed by atoms with Gasteiger partial charge in [-0.15, -0.1) is 0 Å². The lowest BCUT2D eigenvalue weighted by molar-refractivity contribution is 0.475. The van der Waals surface area contributed by atoms with Crippen LogP contribution in [0.5, 0.6) is 5.75 Å². The van der Waals surface area contributed by atoms with Crippen LogP contribution in [0.3, 0.4) is 0 Å². The predicted octanol–water partition coefficient (Wildman–Crippen LogP) is 3.31. The van der Waals surface area contributed by atoms with Crippen LogP contribution in [-0.4, -0.2) is 5.11 Å². The van der Waals surface area contributed by atoms with Gasteiger partial charge in [-0.2, -0.15) is 0 Å². The normalized spacial score (nSPS) is 7.69. The number of phenols is 1. The van der Waals surface area contributed by atoms with Crippen LogP contribution in [0.4, 0.5) is 0 Å². The summed E-state index contributed by atoms with van der Waals surface area (Å²) in [7, 11) is 0. The third-order valence-electron chi connectivity index (χ3n) is 1.18. The van der Waals surface area contributed by atoms with Gasteiger partial charge < -0.3 is 9.52 Å². The average molecular weight is 178 g/mol. The summed E-state index contributed by atoms with van der Waals surface area (Å²) in [5.74, 6) is 0.322. The first kappa shape index (κ1) is 11.3. The van der Waals surface area contributed by atoms with E-state index >= 15 is 0 Å². The Morgan fingerprint density at radius 2 is 1.38 bits per heavy atom. The minimum absolute atomic E-state index is 0. The van der Waals surface area contributed by atoms with Crippen molar-refractivity contribution >= 4 is 0 Å². The fourth-order valence-corrected chi connectivity index (χ4v) is 0.655. The van der Waals surface area contributed by atoms with Crippen molar-refractivity contribution in [3.63, 3.8) is 0 Å². The second kappa shape index (κ2) is 6.98. The van der Waals surface area contributed by atoms with Crippen molar-refractivity contribution in [3.05, 3.63) is 55.0 Å². The molecule has 0 aliphatic carbocycles. The number of rotatable bonds is 0. The van der Waals surface area contributed by atoms with E-state index in [-0.39, 0.29) is 7.43 Å². The standard InChI is InChI=1S/C6H6O.C4H4O.CH4/c7-6-4-2-1-3-5-6;1-2-4-5-3-1;/h1-5,7H;1-4H;1H4. The molecule has 1 heterocycles. The van der Waals surface area contributed by atoms with E-state index in [9.17, 15) is 0 Å². The molecule has 0 aliphatic heterocycles. The molecule has 2 nitrogen and oxygen atoms in total. The van der Waals surface area contributed by atoms with Gasteiger partial charge in [-0.05, 0) is 24.3 Å². The summed E-state index contributed by atoms with van der Waals surface area (Å²) in [6, 6.07) is 12.4. The third kappa shape index (κ3) is 5.56. The van der Waals surface area contributed by atoms with Gasteiger partial charge in [0.25, 0.3) is 0 Å². The molecule has 0 bridgehead atoms. The fraction of sp³-hybridized carbons (Fsp3) is 0.0909. The van der Waals surface area contributed by atoms with E-state index in [1.165, 1.54) is 0 Å². The molecule has 2 aromatic rings. The van der Waals surface area contributed by atoms with E-state index in [0.29, 0.717) is 5.75 Å². The Balaban J connectivity index is 0.000000215. The molecule has 0 spiro atoms. The number of para-hydroxylation sites is 1. The van der Waals surface area contributed by atoms with Gasteiger partial charge in [-0.3, -0.25) is 0 Å². The first-order valence-electron chi connectivity index (χ1n) is 3.61. The third-order valence-corrected chi connectivity index (χ3v) is 1.18. The summed E-state index contributed by atoms with van der Waals surface area (Å²) in [6.45, 7) is 0. The highest BCUT2D eigenvalue weighted by Gasteiger charge is 1.74. The van der Waals surface area contributed by atoms with Gasteiger partial charge in [0.05, 0.1) is 12.5 Å². The van der Waals surface area contributed by atoms with Crippen LogP contribution in [-0.2, 0) is 0 Å². The van der Waals surface area contributed by atoms with Crippen molar-refractivity contribution in [2.24, 2.45) is 0 Å². The van der Waals surface area contributed by atoms with E-state index in [1.54, 1.807) is 36.8 Å². The maximum atomic E-state index is 8.63. The molecule has 70 valence electrons. The van der Waals surface area contributed by atoms with Gasteiger partial charge >= 0.3 is 0 Å². The minimum atomic E-state index is 0. The van der Waals surface area contributed by atoms with Crippen LogP contribution in [0.2, 0.25) is 0 Å². The van der Waals surface area contributed by atoms with Crippen molar-refractivity contribution in [1.29, 1.82) is 0 Å².